The number of piperidine rings is 1. The minimum atomic E-state index is -1.42. The number of carbonyl (C=O) groups excluding carboxylic acids is 1. The number of rotatable bonds is 8. The molecule has 1 amide bonds. The van der Waals surface area contributed by atoms with E-state index in [4.69, 9.17) is 4.74 Å². The van der Waals surface area contributed by atoms with Crippen molar-refractivity contribution in [3.8, 4) is 5.75 Å². The largest absolute Gasteiger partial charge is 0.492 e. The topological polar surface area (TPSA) is 61.8 Å². The Balaban J connectivity index is 1.15. The summed E-state index contributed by atoms with van der Waals surface area (Å²) in [6, 6.07) is 19.6. The van der Waals surface area contributed by atoms with E-state index in [1.165, 1.54) is 0 Å². The maximum Gasteiger partial charge on any atom is 0.257 e. The number of aliphatic hydroxyl groups is 1. The van der Waals surface area contributed by atoms with Crippen molar-refractivity contribution in [1.29, 1.82) is 0 Å². The van der Waals surface area contributed by atoms with Gasteiger partial charge in [-0.15, -0.1) is 0 Å². The van der Waals surface area contributed by atoms with Gasteiger partial charge in [0.05, 0.1) is 0 Å². The van der Waals surface area contributed by atoms with Crippen molar-refractivity contribution in [3.63, 3.8) is 0 Å². The average molecular weight is 421 g/mol. The number of hydrogen-bond donors (Lipinski definition) is 2. The molecule has 0 bridgehead atoms. The molecule has 164 valence electrons. The van der Waals surface area contributed by atoms with Crippen LogP contribution in [-0.4, -0.2) is 48.2 Å². The highest BCUT2D eigenvalue weighted by atomic mass is 16.5. The van der Waals surface area contributed by atoms with Gasteiger partial charge in [-0.05, 0) is 42.4 Å². The second-order valence-electron chi connectivity index (χ2n) is 9.36. The summed E-state index contributed by atoms with van der Waals surface area (Å²) < 4.78 is 5.82. The van der Waals surface area contributed by atoms with E-state index in [-0.39, 0.29) is 17.9 Å². The molecule has 31 heavy (non-hydrogen) atoms. The van der Waals surface area contributed by atoms with Crippen LogP contribution in [0.3, 0.4) is 0 Å². The van der Waals surface area contributed by atoms with Gasteiger partial charge in [0.2, 0.25) is 0 Å². The van der Waals surface area contributed by atoms with Crippen LogP contribution in [0.25, 0.3) is 0 Å². The van der Waals surface area contributed by atoms with Gasteiger partial charge in [0.1, 0.15) is 12.4 Å². The molecule has 5 nitrogen and oxygen atoms in total. The maximum atomic E-state index is 13.3. The second kappa shape index (κ2) is 8.64. The standard InChI is InChI=1S/C26H32N2O3/c29-25(26(30,20-11-7-8-12-20)19-9-3-1-4-10-19)27-24-22-17-28(18-23(22)24)15-16-31-21-13-5-2-6-14-21/h1-6,9-10,13-14,20,22-24,30H,7-8,11-12,15-18H2,(H,27,29)/t22-,23+,24?,26?. The minimum Gasteiger partial charge on any atom is -0.492 e. The number of likely N-dealkylation sites (tertiary alicyclic amines) is 1. The Labute approximate surface area is 184 Å². The van der Waals surface area contributed by atoms with Crippen LogP contribution in [0.1, 0.15) is 31.2 Å². The first-order valence-electron chi connectivity index (χ1n) is 11.7. The molecule has 4 atom stereocenters. The van der Waals surface area contributed by atoms with Crippen LogP contribution in [0.15, 0.2) is 60.7 Å². The van der Waals surface area contributed by atoms with Crippen LogP contribution < -0.4 is 10.1 Å². The summed E-state index contributed by atoms with van der Waals surface area (Å²) in [5, 5.41) is 14.9. The summed E-state index contributed by atoms with van der Waals surface area (Å²) in [7, 11) is 0. The van der Waals surface area contributed by atoms with Gasteiger partial charge >= 0.3 is 0 Å². The predicted octanol–water partition coefficient (Wildman–Crippen LogP) is 3.19. The van der Waals surface area contributed by atoms with E-state index < -0.39 is 5.60 Å². The van der Waals surface area contributed by atoms with E-state index in [1.807, 2.05) is 60.7 Å². The van der Waals surface area contributed by atoms with Gasteiger partial charge in [-0.25, -0.2) is 0 Å². The minimum absolute atomic E-state index is 0.000115. The third kappa shape index (κ3) is 4.09. The van der Waals surface area contributed by atoms with Gasteiger partial charge in [0, 0.05) is 31.6 Å². The predicted molar refractivity (Wildman–Crippen MR) is 120 cm³/mol. The van der Waals surface area contributed by atoms with Gasteiger partial charge in [-0.1, -0.05) is 61.4 Å². The molecule has 1 saturated heterocycles. The lowest BCUT2D eigenvalue weighted by Crippen LogP contribution is -2.51. The monoisotopic (exact) mass is 420 g/mol. The molecular formula is C26H32N2O3. The van der Waals surface area contributed by atoms with Crippen LogP contribution >= 0.6 is 0 Å². The number of ether oxygens (including phenoxy) is 1. The van der Waals surface area contributed by atoms with Gasteiger partial charge < -0.3 is 15.2 Å². The number of amides is 1. The second-order valence-corrected chi connectivity index (χ2v) is 9.36. The van der Waals surface area contributed by atoms with Crippen LogP contribution in [0.5, 0.6) is 5.75 Å². The number of carbonyl (C=O) groups is 1. The summed E-state index contributed by atoms with van der Waals surface area (Å²) in [6.07, 6.45) is 3.99. The van der Waals surface area contributed by atoms with E-state index in [9.17, 15) is 9.90 Å². The molecule has 2 aliphatic carbocycles. The quantitative estimate of drug-likeness (QED) is 0.689. The fraction of sp³-hybridized carbons (Fsp3) is 0.500. The van der Waals surface area contributed by atoms with Gasteiger partial charge in [0.25, 0.3) is 5.91 Å². The fourth-order valence-corrected chi connectivity index (χ4v) is 5.67. The molecule has 2 unspecified atom stereocenters. The third-order valence-corrected chi connectivity index (χ3v) is 7.49. The van der Waals surface area contributed by atoms with Gasteiger partial charge in [0.15, 0.2) is 5.60 Å². The summed E-state index contributed by atoms with van der Waals surface area (Å²) in [5.74, 6) is 1.68. The smallest absolute Gasteiger partial charge is 0.257 e. The number of benzene rings is 2. The van der Waals surface area contributed by atoms with E-state index in [2.05, 4.69) is 10.2 Å². The highest BCUT2D eigenvalue weighted by Crippen LogP contribution is 2.47. The lowest BCUT2D eigenvalue weighted by molar-refractivity contribution is -0.147. The van der Waals surface area contributed by atoms with E-state index in [0.717, 1.165) is 56.6 Å². The number of fused-ring (bicyclic) bond motifs is 1. The van der Waals surface area contributed by atoms with Crippen molar-refractivity contribution in [1.82, 2.24) is 10.2 Å². The van der Waals surface area contributed by atoms with E-state index in [0.29, 0.717) is 18.4 Å². The van der Waals surface area contributed by atoms with Crippen molar-refractivity contribution in [2.75, 3.05) is 26.2 Å². The summed E-state index contributed by atoms with van der Waals surface area (Å²) in [4.78, 5) is 15.8. The molecule has 5 heteroatoms. The molecule has 3 fully saturated rings. The molecule has 2 aromatic carbocycles. The molecule has 5 rings (SSSR count). The third-order valence-electron chi connectivity index (χ3n) is 7.49. The summed E-state index contributed by atoms with van der Waals surface area (Å²) in [5.41, 5.74) is -0.692. The fourth-order valence-electron chi connectivity index (χ4n) is 5.67. The Morgan fingerprint density at radius 1 is 1.00 bits per heavy atom. The van der Waals surface area contributed by atoms with E-state index >= 15 is 0 Å². The Hall–Kier alpha value is -2.37. The molecule has 0 spiro atoms. The lowest BCUT2D eigenvalue weighted by atomic mass is 9.79. The molecule has 2 aromatic rings. The zero-order chi connectivity index (χ0) is 21.3. The Kier molecular flexibility index (Phi) is 5.72. The first-order chi connectivity index (χ1) is 15.2. The SMILES string of the molecule is O=C(NC1[C@H]2CN(CCOc3ccccc3)C[C@@H]12)C(O)(c1ccccc1)C1CCCC1. The average Bonchev–Trinajstić information content (AvgIpc) is 3.22. The number of nitrogens with one attached hydrogen (secondary N) is 1. The molecule has 0 aromatic heterocycles. The molecular weight excluding hydrogens is 388 g/mol. The summed E-state index contributed by atoms with van der Waals surface area (Å²) in [6.45, 7) is 3.55. The zero-order valence-electron chi connectivity index (χ0n) is 18.0. The van der Waals surface area contributed by atoms with E-state index in [1.54, 1.807) is 0 Å². The Morgan fingerprint density at radius 2 is 1.61 bits per heavy atom. The van der Waals surface area contributed by atoms with Crippen LogP contribution in [0.4, 0.5) is 0 Å². The normalized spacial score (nSPS) is 27.5. The van der Waals surface area contributed by atoms with Crippen LogP contribution in [-0.2, 0) is 10.4 Å². The molecule has 2 saturated carbocycles. The van der Waals surface area contributed by atoms with Crippen molar-refractivity contribution in [2.45, 2.75) is 37.3 Å². The molecule has 3 aliphatic rings. The first kappa shape index (κ1) is 20.5. The van der Waals surface area contributed by atoms with Gasteiger partial charge in [-0.2, -0.15) is 0 Å². The Bertz CT molecular complexity index is 872. The van der Waals surface area contributed by atoms with Gasteiger partial charge in [-0.3, -0.25) is 9.69 Å². The highest BCUT2D eigenvalue weighted by Gasteiger charge is 2.58. The van der Waals surface area contributed by atoms with Crippen LogP contribution in [0.2, 0.25) is 0 Å². The Morgan fingerprint density at radius 3 is 2.26 bits per heavy atom. The number of nitrogens with zero attached hydrogens (tertiary/aromatic N) is 1. The number of hydrogen-bond acceptors (Lipinski definition) is 4. The highest BCUT2D eigenvalue weighted by molar-refractivity contribution is 5.87. The van der Waals surface area contributed by atoms with Crippen LogP contribution in [0, 0.1) is 17.8 Å². The van der Waals surface area contributed by atoms with Crippen molar-refractivity contribution >= 4 is 5.91 Å². The maximum absolute atomic E-state index is 13.3. The van der Waals surface area contributed by atoms with Crippen molar-refractivity contribution < 1.29 is 14.6 Å². The first-order valence-corrected chi connectivity index (χ1v) is 11.7. The molecule has 0 radical (unpaired) electrons. The molecule has 1 heterocycles. The van der Waals surface area contributed by atoms with Crippen molar-refractivity contribution in [3.05, 3.63) is 66.2 Å². The number of para-hydroxylation sites is 1. The van der Waals surface area contributed by atoms with Crippen molar-refractivity contribution in [2.24, 2.45) is 17.8 Å². The molecule has 1 aliphatic heterocycles. The molecule has 2 N–H and O–H groups in total. The zero-order valence-corrected chi connectivity index (χ0v) is 18.0. The summed E-state index contributed by atoms with van der Waals surface area (Å²) >= 11 is 0. The lowest BCUT2D eigenvalue weighted by Gasteiger charge is -2.33.